The molecule has 126 heavy (non-hydrogen) atoms. The number of hydrogen-bond acceptors (Lipinski definition) is 0. The van der Waals surface area contributed by atoms with Crippen LogP contribution in [0.25, 0.3) is 230 Å². The number of hydrogen-bond donors (Lipinski definition) is 0. The summed E-state index contributed by atoms with van der Waals surface area (Å²) in [4.78, 5) is 0. The fraction of sp³-hybridized carbons (Fsp3) is 0. The molecule has 588 valence electrons. The van der Waals surface area contributed by atoms with E-state index in [9.17, 15) is 0 Å². The Morgan fingerprint density at radius 2 is 0.262 bits per heavy atom. The van der Waals surface area contributed by atoms with E-state index in [4.69, 9.17) is 0 Å². The molecule has 0 aliphatic heterocycles. The fourth-order valence-corrected chi connectivity index (χ4v) is 19.4. The summed E-state index contributed by atoms with van der Waals surface area (Å²) < 4.78 is 0. The highest BCUT2D eigenvalue weighted by Crippen LogP contribution is 2.50. The van der Waals surface area contributed by atoms with Gasteiger partial charge in [-0.2, -0.15) is 0 Å². The molecule has 0 fully saturated rings. The lowest BCUT2D eigenvalue weighted by Crippen LogP contribution is -1.93. The van der Waals surface area contributed by atoms with Gasteiger partial charge in [0, 0.05) is 0 Å². The van der Waals surface area contributed by atoms with Gasteiger partial charge < -0.3 is 0 Å². The van der Waals surface area contributed by atoms with Gasteiger partial charge in [-0.15, -0.1) is 0 Å². The molecule has 0 aliphatic carbocycles. The Balaban J connectivity index is 0.000000112. The van der Waals surface area contributed by atoms with Crippen LogP contribution in [0.3, 0.4) is 0 Å². The largest absolute Gasteiger partial charge is 0.0622 e. The molecule has 0 heteroatoms. The van der Waals surface area contributed by atoms with Crippen LogP contribution in [0.15, 0.2) is 510 Å². The molecule has 0 spiro atoms. The summed E-state index contributed by atoms with van der Waals surface area (Å²) in [5, 5.41) is 22.8. The molecule has 0 radical (unpaired) electrons. The maximum Gasteiger partial charge on any atom is -0.00201 e. The van der Waals surface area contributed by atoms with Crippen molar-refractivity contribution in [3.8, 4) is 134 Å². The van der Waals surface area contributed by atoms with Gasteiger partial charge in [-0.05, 0) is 273 Å². The van der Waals surface area contributed by atoms with Crippen LogP contribution >= 0.6 is 0 Å². The van der Waals surface area contributed by atoms with E-state index in [1.807, 2.05) is 0 Å². The van der Waals surface area contributed by atoms with E-state index < -0.39 is 0 Å². The van der Waals surface area contributed by atoms with E-state index in [1.54, 1.807) is 0 Å². The van der Waals surface area contributed by atoms with Crippen molar-refractivity contribution in [3.63, 3.8) is 0 Å². The zero-order chi connectivity index (χ0) is 83.6. The Morgan fingerprint density at radius 3 is 0.579 bits per heavy atom. The second kappa shape index (κ2) is 33.6. The van der Waals surface area contributed by atoms with Gasteiger partial charge in [-0.25, -0.2) is 0 Å². The van der Waals surface area contributed by atoms with Crippen LogP contribution in [-0.2, 0) is 0 Å². The van der Waals surface area contributed by atoms with E-state index in [0.717, 1.165) is 0 Å². The van der Waals surface area contributed by atoms with Crippen molar-refractivity contribution in [1.82, 2.24) is 0 Å². The van der Waals surface area contributed by atoms with E-state index in [0.29, 0.717) is 0 Å². The second-order valence-corrected chi connectivity index (χ2v) is 32.8. The Morgan fingerprint density at radius 1 is 0.0794 bits per heavy atom. The zero-order valence-electron chi connectivity index (χ0n) is 69.5. The highest BCUT2D eigenvalue weighted by atomic mass is 14.3. The van der Waals surface area contributed by atoms with E-state index in [1.165, 1.54) is 230 Å². The van der Waals surface area contributed by atoms with E-state index in [-0.39, 0.29) is 0 Å². The predicted molar refractivity (Wildman–Crippen MR) is 542 cm³/mol. The van der Waals surface area contributed by atoms with Crippen LogP contribution in [0.2, 0.25) is 0 Å². The summed E-state index contributed by atoms with van der Waals surface area (Å²) in [6, 6.07) is 185. The third-order valence-corrected chi connectivity index (χ3v) is 25.3. The average Bonchev–Trinajstić information content (AvgIpc) is 0.685. The molecule has 24 rings (SSSR count). The van der Waals surface area contributed by atoms with Crippen LogP contribution in [0.4, 0.5) is 0 Å². The highest BCUT2D eigenvalue weighted by Gasteiger charge is 2.23. The third kappa shape index (κ3) is 14.5. The minimum absolute atomic E-state index is 1.23. The van der Waals surface area contributed by atoms with Gasteiger partial charge in [-0.1, -0.05) is 467 Å². The second-order valence-electron chi connectivity index (χ2n) is 32.8. The molecule has 0 nitrogen and oxygen atoms in total. The quantitative estimate of drug-likeness (QED) is 0.107. The number of fused-ring (bicyclic) bond motifs is 9. The van der Waals surface area contributed by atoms with Gasteiger partial charge in [-0.3, -0.25) is 0 Å². The molecule has 0 aliphatic rings. The number of rotatable bonds is 12. The first kappa shape index (κ1) is 75.8. The molecule has 0 heterocycles. The molecule has 0 unspecified atom stereocenters. The lowest BCUT2D eigenvalue weighted by atomic mass is 9.83. The fourth-order valence-electron chi connectivity index (χ4n) is 19.4. The highest BCUT2D eigenvalue weighted by molar-refractivity contribution is 6.25. The first-order valence-electron chi connectivity index (χ1n) is 43.6. The van der Waals surface area contributed by atoms with Gasteiger partial charge >= 0.3 is 0 Å². The molecule has 0 bridgehead atoms. The van der Waals surface area contributed by atoms with Gasteiger partial charge in [0.05, 0.1) is 0 Å². The lowest BCUT2D eigenvalue weighted by Gasteiger charge is -2.20. The van der Waals surface area contributed by atoms with Gasteiger partial charge in [0.25, 0.3) is 0 Å². The van der Waals surface area contributed by atoms with Crippen LogP contribution < -0.4 is 0 Å². The molecular weight excluding hydrogens is 1510 g/mol. The van der Waals surface area contributed by atoms with E-state index in [2.05, 4.69) is 510 Å². The Kier molecular flexibility index (Phi) is 20.2. The summed E-state index contributed by atoms with van der Waals surface area (Å²) in [5.74, 6) is 0. The van der Waals surface area contributed by atoms with Crippen LogP contribution in [-0.4, -0.2) is 0 Å². The molecular formula is C126H84. The Hall–Kier alpha value is -16.4. The normalized spacial score (nSPS) is 11.3. The van der Waals surface area contributed by atoms with Crippen molar-refractivity contribution < 1.29 is 0 Å². The van der Waals surface area contributed by atoms with Crippen molar-refractivity contribution in [2.24, 2.45) is 0 Å². The zero-order valence-corrected chi connectivity index (χ0v) is 69.5. The number of benzene rings is 24. The average molecular weight is 1600 g/mol. The van der Waals surface area contributed by atoms with Crippen molar-refractivity contribution >= 4 is 97.0 Å². The molecule has 0 saturated heterocycles. The SMILES string of the molecule is c1ccc(-c2cccc(-c3c4ccccc4c(-c4ccc(-c5ccc6ccccc6c5)cc4)c4ccccc34)c2)cc1.c1ccc(-c2cccc(-c3c4ccccc4c(-c4cccc(-c5ccc6ccccc6c5)c4)c4ccccc34)c2)cc1.c1ccc(-c2cccc(-c3c4ccccc4c(-c4ccccc4-c4ccc5ccccc5c4)c4ccccc34)c2)cc1. The predicted octanol–water partition coefficient (Wildman–Crippen LogP) is 35.4. The lowest BCUT2D eigenvalue weighted by molar-refractivity contribution is 1.60. The Labute approximate surface area is 734 Å². The van der Waals surface area contributed by atoms with Crippen LogP contribution in [0.5, 0.6) is 0 Å². The van der Waals surface area contributed by atoms with Gasteiger partial charge in [0.1, 0.15) is 0 Å². The van der Waals surface area contributed by atoms with Crippen molar-refractivity contribution in [2.75, 3.05) is 0 Å². The smallest absolute Gasteiger partial charge is 0.00201 e. The van der Waals surface area contributed by atoms with Crippen LogP contribution in [0.1, 0.15) is 0 Å². The summed E-state index contributed by atoms with van der Waals surface area (Å²) in [7, 11) is 0. The molecule has 0 amide bonds. The van der Waals surface area contributed by atoms with Crippen molar-refractivity contribution in [3.05, 3.63) is 510 Å². The van der Waals surface area contributed by atoms with Crippen molar-refractivity contribution in [1.29, 1.82) is 0 Å². The molecule has 0 saturated carbocycles. The van der Waals surface area contributed by atoms with Crippen LogP contribution in [0, 0.1) is 0 Å². The molecule has 24 aromatic carbocycles. The Bertz CT molecular complexity index is 8070. The van der Waals surface area contributed by atoms with Gasteiger partial charge in [0.15, 0.2) is 0 Å². The summed E-state index contributed by atoms with van der Waals surface area (Å²) in [6.07, 6.45) is 0. The topological polar surface area (TPSA) is 0 Å². The summed E-state index contributed by atoms with van der Waals surface area (Å²) in [5.41, 5.74) is 29.9. The summed E-state index contributed by atoms with van der Waals surface area (Å²) >= 11 is 0. The first-order valence-corrected chi connectivity index (χ1v) is 43.6. The third-order valence-electron chi connectivity index (χ3n) is 25.3. The standard InChI is InChI=1S/3C42H28/c1-2-12-29(13-3-1)32-16-10-18-35(27-32)41-37-20-6-8-22-39(37)42(40-23-9-7-21-38(40)41)36-19-11-17-33(28-36)34-25-24-30-14-4-5-15-31(30)26-34;1-2-11-29(12-3-1)34-15-10-16-36(28-34)42-39-19-8-6-17-37(39)41(38-18-7-9-20-40(38)42)32-24-21-31(22-25-32)35-26-23-30-13-4-5-14-33(30)27-35;1-2-13-29(14-3-1)32-17-12-18-34(28-32)41-37-21-8-10-23-39(37)42(40-24-11-9-22-38(40)41)36-20-7-6-19-35(36)33-26-25-30-15-4-5-16-31(30)27-33/h3*1-28H. The molecule has 24 aromatic rings. The monoisotopic (exact) mass is 1600 g/mol. The molecule has 0 N–H and O–H groups in total. The minimum Gasteiger partial charge on any atom is -0.0622 e. The molecule has 0 atom stereocenters. The summed E-state index contributed by atoms with van der Waals surface area (Å²) in [6.45, 7) is 0. The molecule has 0 aromatic heterocycles. The maximum absolute atomic E-state index is 2.36. The van der Waals surface area contributed by atoms with Crippen molar-refractivity contribution in [2.45, 2.75) is 0 Å². The first-order chi connectivity index (χ1) is 62.5. The maximum atomic E-state index is 2.36. The minimum atomic E-state index is 1.23. The van der Waals surface area contributed by atoms with E-state index >= 15 is 0 Å². The van der Waals surface area contributed by atoms with Gasteiger partial charge in [0.2, 0.25) is 0 Å².